The Kier molecular flexibility index (Phi) is 3.85. The molecule has 0 saturated heterocycles. The van der Waals surface area contributed by atoms with E-state index in [4.69, 9.17) is 4.42 Å². The minimum Gasteiger partial charge on any atom is -0.431 e. The van der Waals surface area contributed by atoms with Gasteiger partial charge in [0.2, 0.25) is 0 Å². The van der Waals surface area contributed by atoms with Crippen molar-refractivity contribution in [3.63, 3.8) is 0 Å². The van der Waals surface area contributed by atoms with Crippen molar-refractivity contribution in [3.8, 4) is 0 Å². The lowest BCUT2D eigenvalue weighted by Crippen LogP contribution is -1.96. The van der Waals surface area contributed by atoms with Gasteiger partial charge in [-0.05, 0) is 34.5 Å². The van der Waals surface area contributed by atoms with Gasteiger partial charge in [0.1, 0.15) is 5.52 Å². The molecule has 0 N–H and O–H groups in total. The van der Waals surface area contributed by atoms with Gasteiger partial charge >= 0.3 is 0 Å². The van der Waals surface area contributed by atoms with E-state index in [2.05, 4.69) is 32.9 Å². The van der Waals surface area contributed by atoms with Gasteiger partial charge in [-0.3, -0.25) is 4.68 Å². The molecule has 104 valence electrons. The first-order valence-electron chi connectivity index (χ1n) is 6.37. The van der Waals surface area contributed by atoms with Crippen LogP contribution >= 0.6 is 27.7 Å². The van der Waals surface area contributed by atoms with Gasteiger partial charge < -0.3 is 4.42 Å². The summed E-state index contributed by atoms with van der Waals surface area (Å²) in [6.45, 7) is 2.10. The van der Waals surface area contributed by atoms with Crippen LogP contribution in [0, 0.1) is 0 Å². The second kappa shape index (κ2) is 5.61. The zero-order valence-corrected chi connectivity index (χ0v) is 13.7. The summed E-state index contributed by atoms with van der Waals surface area (Å²) in [6.07, 6.45) is 0.919. The van der Waals surface area contributed by atoms with Gasteiger partial charge in [0.25, 0.3) is 5.22 Å². The van der Waals surface area contributed by atoms with Crippen LogP contribution in [-0.4, -0.2) is 14.8 Å². The molecule has 1 aromatic carbocycles. The lowest BCUT2D eigenvalue weighted by atomic mass is 10.3. The van der Waals surface area contributed by atoms with E-state index in [-0.39, 0.29) is 0 Å². The number of nitrogens with zero attached hydrogens (tertiary/aromatic N) is 3. The van der Waals surface area contributed by atoms with Crippen molar-refractivity contribution in [3.05, 3.63) is 40.1 Å². The van der Waals surface area contributed by atoms with Gasteiger partial charge in [0, 0.05) is 12.8 Å². The largest absolute Gasteiger partial charge is 0.431 e. The van der Waals surface area contributed by atoms with Crippen LogP contribution in [0.5, 0.6) is 0 Å². The summed E-state index contributed by atoms with van der Waals surface area (Å²) in [5.74, 6) is 0.775. The molecule has 2 aromatic heterocycles. The maximum absolute atomic E-state index is 5.71. The number of oxazole rings is 1. The lowest BCUT2D eigenvalue weighted by molar-refractivity contribution is 0.489. The fourth-order valence-corrected chi connectivity index (χ4v) is 3.86. The van der Waals surface area contributed by atoms with Gasteiger partial charge in [-0.2, -0.15) is 5.10 Å². The number of benzene rings is 1. The first kappa shape index (κ1) is 13.7. The molecule has 0 unspecified atom stereocenters. The van der Waals surface area contributed by atoms with Crippen molar-refractivity contribution in [2.45, 2.75) is 24.3 Å². The van der Waals surface area contributed by atoms with Gasteiger partial charge in [-0.1, -0.05) is 30.8 Å². The van der Waals surface area contributed by atoms with Gasteiger partial charge in [0.05, 0.1) is 15.9 Å². The molecule has 0 atom stereocenters. The van der Waals surface area contributed by atoms with Crippen LogP contribution < -0.4 is 0 Å². The van der Waals surface area contributed by atoms with Crippen LogP contribution in [0.4, 0.5) is 0 Å². The Morgan fingerprint density at radius 2 is 2.15 bits per heavy atom. The number of thioether (sulfide) groups is 1. The standard InChI is InChI=1S/C14H14BrN3OS/c1-3-9-13(15)11(18(2)17-9)8-20-14-16-10-6-4-5-7-12(10)19-14/h4-7H,3,8H2,1-2H3. The Morgan fingerprint density at radius 3 is 2.85 bits per heavy atom. The molecule has 0 amide bonds. The van der Waals surface area contributed by atoms with Crippen molar-refractivity contribution in [2.75, 3.05) is 0 Å². The third kappa shape index (κ3) is 2.50. The quantitative estimate of drug-likeness (QED) is 0.661. The molecule has 6 heteroatoms. The molecule has 0 saturated carbocycles. The molecule has 4 nitrogen and oxygen atoms in total. The van der Waals surface area contributed by atoms with Crippen LogP contribution in [-0.2, 0) is 19.2 Å². The Balaban J connectivity index is 1.81. The zero-order valence-electron chi connectivity index (χ0n) is 11.3. The Bertz CT molecular complexity index is 717. The van der Waals surface area contributed by atoms with Crippen LogP contribution in [0.2, 0.25) is 0 Å². The third-order valence-electron chi connectivity index (χ3n) is 3.11. The zero-order chi connectivity index (χ0) is 14.1. The van der Waals surface area contributed by atoms with E-state index in [1.54, 1.807) is 11.8 Å². The number of hydrogen-bond donors (Lipinski definition) is 0. The molecule has 3 aromatic rings. The molecule has 0 spiro atoms. The van der Waals surface area contributed by atoms with E-state index >= 15 is 0 Å². The minimum atomic E-state index is 0.692. The average Bonchev–Trinajstić information content (AvgIpc) is 2.98. The summed E-state index contributed by atoms with van der Waals surface area (Å²) in [5, 5.41) is 5.18. The number of hydrogen-bond acceptors (Lipinski definition) is 4. The highest BCUT2D eigenvalue weighted by Crippen LogP contribution is 2.30. The highest BCUT2D eigenvalue weighted by molar-refractivity contribution is 9.10. The monoisotopic (exact) mass is 351 g/mol. The molecule has 0 aliphatic rings. The highest BCUT2D eigenvalue weighted by atomic mass is 79.9. The maximum atomic E-state index is 5.71. The van der Waals surface area contributed by atoms with Crippen LogP contribution in [0.1, 0.15) is 18.3 Å². The van der Waals surface area contributed by atoms with Gasteiger partial charge in [0.15, 0.2) is 5.58 Å². The third-order valence-corrected chi connectivity index (χ3v) is 4.86. The fraction of sp³-hybridized carbons (Fsp3) is 0.286. The van der Waals surface area contributed by atoms with Crippen molar-refractivity contribution in [2.24, 2.45) is 7.05 Å². The summed E-state index contributed by atoms with van der Waals surface area (Å²) in [6, 6.07) is 7.80. The first-order valence-corrected chi connectivity index (χ1v) is 8.15. The summed E-state index contributed by atoms with van der Waals surface area (Å²) < 4.78 is 8.71. The minimum absolute atomic E-state index is 0.692. The Morgan fingerprint density at radius 1 is 1.35 bits per heavy atom. The van der Waals surface area contributed by atoms with E-state index in [0.717, 1.165) is 39.1 Å². The predicted octanol–water partition coefficient (Wildman–Crippen LogP) is 4.18. The molecule has 20 heavy (non-hydrogen) atoms. The fourth-order valence-electron chi connectivity index (χ4n) is 2.02. The number of halogens is 1. The Hall–Kier alpha value is -1.27. The molecular formula is C14H14BrN3OS. The second-order valence-electron chi connectivity index (χ2n) is 4.42. The van der Waals surface area contributed by atoms with Crippen molar-refractivity contribution in [1.29, 1.82) is 0 Å². The van der Waals surface area contributed by atoms with Crippen LogP contribution in [0.25, 0.3) is 11.1 Å². The predicted molar refractivity (Wildman–Crippen MR) is 83.9 cm³/mol. The summed E-state index contributed by atoms with van der Waals surface area (Å²) >= 11 is 5.21. The van der Waals surface area contributed by atoms with E-state index in [9.17, 15) is 0 Å². The lowest BCUT2D eigenvalue weighted by Gasteiger charge is -2.00. The summed E-state index contributed by atoms with van der Waals surface area (Å²) in [4.78, 5) is 4.47. The number of rotatable bonds is 4. The molecule has 0 radical (unpaired) electrons. The van der Waals surface area contributed by atoms with Crippen LogP contribution in [0.15, 0.2) is 38.4 Å². The first-order chi connectivity index (χ1) is 9.69. The molecule has 0 bridgehead atoms. The number of aryl methyl sites for hydroxylation is 2. The number of fused-ring (bicyclic) bond motifs is 1. The molecule has 0 fully saturated rings. The highest BCUT2D eigenvalue weighted by Gasteiger charge is 2.14. The van der Waals surface area contributed by atoms with Crippen molar-refractivity contribution >= 4 is 38.8 Å². The number of aromatic nitrogens is 3. The molecule has 3 rings (SSSR count). The Labute approximate surface area is 129 Å². The smallest absolute Gasteiger partial charge is 0.257 e. The van der Waals surface area contributed by atoms with E-state index in [1.807, 2.05) is 36.0 Å². The SMILES string of the molecule is CCc1nn(C)c(CSc2nc3ccccc3o2)c1Br. The molecule has 0 aliphatic heterocycles. The topological polar surface area (TPSA) is 43.9 Å². The van der Waals surface area contributed by atoms with E-state index < -0.39 is 0 Å². The van der Waals surface area contributed by atoms with Crippen LogP contribution in [0.3, 0.4) is 0 Å². The number of para-hydroxylation sites is 2. The molecule has 2 heterocycles. The van der Waals surface area contributed by atoms with Crippen molar-refractivity contribution in [1.82, 2.24) is 14.8 Å². The van der Waals surface area contributed by atoms with E-state index in [1.165, 1.54) is 0 Å². The second-order valence-corrected chi connectivity index (χ2v) is 6.14. The summed E-state index contributed by atoms with van der Waals surface area (Å²) in [7, 11) is 1.96. The van der Waals surface area contributed by atoms with Gasteiger partial charge in [-0.15, -0.1) is 0 Å². The average molecular weight is 352 g/mol. The summed E-state index contributed by atoms with van der Waals surface area (Å²) in [5.41, 5.74) is 3.96. The molecule has 0 aliphatic carbocycles. The van der Waals surface area contributed by atoms with Crippen molar-refractivity contribution < 1.29 is 4.42 Å². The normalized spacial score (nSPS) is 11.3. The maximum Gasteiger partial charge on any atom is 0.257 e. The van der Waals surface area contributed by atoms with E-state index in [0.29, 0.717) is 5.22 Å². The van der Waals surface area contributed by atoms with Gasteiger partial charge in [-0.25, -0.2) is 4.98 Å². The molecular weight excluding hydrogens is 338 g/mol.